The lowest BCUT2D eigenvalue weighted by molar-refractivity contribution is -0.139. The van der Waals surface area contributed by atoms with Crippen molar-refractivity contribution in [1.82, 2.24) is 10.7 Å². The first-order chi connectivity index (χ1) is 13.9. The average molecular weight is 397 g/mol. The van der Waals surface area contributed by atoms with Gasteiger partial charge in [0.15, 0.2) is 11.5 Å². The molecule has 0 saturated heterocycles. The van der Waals surface area contributed by atoms with Crippen LogP contribution in [0.15, 0.2) is 47.6 Å². The largest absolute Gasteiger partial charge is 0.493 e. The van der Waals surface area contributed by atoms with Crippen molar-refractivity contribution in [3.63, 3.8) is 0 Å². The summed E-state index contributed by atoms with van der Waals surface area (Å²) in [6.45, 7) is 6.91. The Bertz CT molecular complexity index is 861. The van der Waals surface area contributed by atoms with E-state index in [4.69, 9.17) is 9.47 Å². The molecule has 0 aliphatic heterocycles. The number of carbonyl (C=O) groups excluding carboxylic acids is 2. The Morgan fingerprint density at radius 1 is 1.07 bits per heavy atom. The van der Waals surface area contributed by atoms with Gasteiger partial charge in [0.25, 0.3) is 0 Å². The van der Waals surface area contributed by atoms with Gasteiger partial charge >= 0.3 is 11.8 Å². The second-order valence-electron chi connectivity index (χ2n) is 6.62. The van der Waals surface area contributed by atoms with E-state index in [0.717, 1.165) is 5.56 Å². The molecule has 2 N–H and O–H groups in total. The van der Waals surface area contributed by atoms with Crippen molar-refractivity contribution >= 4 is 18.0 Å². The molecule has 0 fully saturated rings. The molecule has 2 rings (SSSR count). The van der Waals surface area contributed by atoms with Gasteiger partial charge in [0, 0.05) is 6.54 Å². The molecule has 154 valence electrons. The summed E-state index contributed by atoms with van der Waals surface area (Å²) in [5, 5.41) is 6.39. The van der Waals surface area contributed by atoms with Crippen LogP contribution in [0.25, 0.3) is 0 Å². The van der Waals surface area contributed by atoms with Gasteiger partial charge in [-0.05, 0) is 47.7 Å². The lowest BCUT2D eigenvalue weighted by Crippen LogP contribution is -2.37. The number of ether oxygens (including phenoxy) is 2. The fourth-order valence-electron chi connectivity index (χ4n) is 2.54. The number of methoxy groups -OCH3 is 1. The Kier molecular flexibility index (Phi) is 8.21. The van der Waals surface area contributed by atoms with Crippen LogP contribution >= 0.6 is 0 Å². The van der Waals surface area contributed by atoms with Gasteiger partial charge < -0.3 is 14.8 Å². The van der Waals surface area contributed by atoms with Crippen LogP contribution in [0.1, 0.15) is 43.4 Å². The molecule has 0 radical (unpaired) electrons. The van der Waals surface area contributed by atoms with Crippen LogP contribution in [0.4, 0.5) is 0 Å². The lowest BCUT2D eigenvalue weighted by atomic mass is 10.0. The molecule has 0 aliphatic rings. The van der Waals surface area contributed by atoms with Crippen molar-refractivity contribution in [1.29, 1.82) is 0 Å². The third-order valence-corrected chi connectivity index (χ3v) is 4.17. The standard InChI is InChI=1S/C22H27N3O4/c1-5-29-19-11-8-17(12-20(19)28-4)14-24-25-22(27)21(26)23-13-16-6-9-18(10-7-16)15(2)3/h6-12,14-15H,5,13H2,1-4H3,(H,23,26)(H,25,27)/b24-14-. The first kappa shape index (κ1) is 21.9. The van der Waals surface area contributed by atoms with Crippen LogP contribution in [0.3, 0.4) is 0 Å². The number of hydrogen-bond donors (Lipinski definition) is 2. The smallest absolute Gasteiger partial charge is 0.329 e. The Morgan fingerprint density at radius 3 is 2.41 bits per heavy atom. The van der Waals surface area contributed by atoms with E-state index in [0.29, 0.717) is 29.6 Å². The number of benzene rings is 2. The molecule has 0 unspecified atom stereocenters. The summed E-state index contributed by atoms with van der Waals surface area (Å²) in [5.74, 6) is 0.0373. The summed E-state index contributed by atoms with van der Waals surface area (Å²) in [6, 6.07) is 13.1. The Balaban J connectivity index is 1.85. The number of carbonyl (C=O) groups is 2. The zero-order valence-electron chi connectivity index (χ0n) is 17.2. The van der Waals surface area contributed by atoms with Gasteiger partial charge in [0.2, 0.25) is 0 Å². The summed E-state index contributed by atoms with van der Waals surface area (Å²) in [4.78, 5) is 23.8. The van der Waals surface area contributed by atoms with E-state index in [9.17, 15) is 9.59 Å². The minimum absolute atomic E-state index is 0.268. The molecule has 2 amide bonds. The molecule has 2 aromatic rings. The number of nitrogens with zero attached hydrogens (tertiary/aromatic N) is 1. The molecule has 0 bridgehead atoms. The lowest BCUT2D eigenvalue weighted by Gasteiger charge is -2.09. The first-order valence-electron chi connectivity index (χ1n) is 9.45. The zero-order valence-corrected chi connectivity index (χ0v) is 17.2. The van der Waals surface area contributed by atoms with Gasteiger partial charge in [-0.15, -0.1) is 0 Å². The van der Waals surface area contributed by atoms with Crippen LogP contribution in [0, 0.1) is 0 Å². The van der Waals surface area contributed by atoms with E-state index in [1.165, 1.54) is 11.8 Å². The normalized spacial score (nSPS) is 10.8. The molecule has 0 aromatic heterocycles. The molecule has 2 aromatic carbocycles. The van der Waals surface area contributed by atoms with E-state index >= 15 is 0 Å². The molecule has 0 saturated carbocycles. The summed E-state index contributed by atoms with van der Waals surface area (Å²) in [6.07, 6.45) is 1.42. The molecule has 29 heavy (non-hydrogen) atoms. The third-order valence-electron chi connectivity index (χ3n) is 4.17. The molecule has 0 atom stereocenters. The second-order valence-corrected chi connectivity index (χ2v) is 6.62. The van der Waals surface area contributed by atoms with Crippen molar-refractivity contribution in [2.45, 2.75) is 33.2 Å². The van der Waals surface area contributed by atoms with Crippen LogP contribution in [0.5, 0.6) is 11.5 Å². The molecular formula is C22H27N3O4. The fraction of sp³-hybridized carbons (Fsp3) is 0.318. The summed E-state index contributed by atoms with van der Waals surface area (Å²) >= 11 is 0. The van der Waals surface area contributed by atoms with E-state index in [2.05, 4.69) is 29.7 Å². The van der Waals surface area contributed by atoms with Gasteiger partial charge in [-0.3, -0.25) is 9.59 Å². The number of rotatable bonds is 8. The summed E-state index contributed by atoms with van der Waals surface area (Å²) in [7, 11) is 1.54. The highest BCUT2D eigenvalue weighted by molar-refractivity contribution is 6.35. The van der Waals surface area contributed by atoms with Gasteiger partial charge in [-0.2, -0.15) is 5.10 Å². The molecule has 7 heteroatoms. The molecule has 0 heterocycles. The Hall–Kier alpha value is -3.35. The average Bonchev–Trinajstić information content (AvgIpc) is 2.73. The number of amides is 2. The van der Waals surface area contributed by atoms with Crippen LogP contribution in [-0.2, 0) is 16.1 Å². The van der Waals surface area contributed by atoms with Crippen molar-refractivity contribution < 1.29 is 19.1 Å². The highest BCUT2D eigenvalue weighted by atomic mass is 16.5. The van der Waals surface area contributed by atoms with Crippen molar-refractivity contribution in [3.05, 3.63) is 59.2 Å². The predicted octanol–water partition coefficient (Wildman–Crippen LogP) is 2.98. The van der Waals surface area contributed by atoms with Crippen LogP contribution in [0.2, 0.25) is 0 Å². The maximum atomic E-state index is 11.9. The zero-order chi connectivity index (χ0) is 21.2. The number of hydrazone groups is 1. The predicted molar refractivity (Wildman–Crippen MR) is 112 cm³/mol. The maximum Gasteiger partial charge on any atom is 0.329 e. The monoisotopic (exact) mass is 397 g/mol. The van der Waals surface area contributed by atoms with E-state index in [1.807, 2.05) is 31.2 Å². The van der Waals surface area contributed by atoms with Crippen molar-refractivity contribution in [2.24, 2.45) is 5.10 Å². The molecule has 0 aliphatic carbocycles. The fourth-order valence-corrected chi connectivity index (χ4v) is 2.54. The van der Waals surface area contributed by atoms with E-state index < -0.39 is 11.8 Å². The maximum absolute atomic E-state index is 11.9. The van der Waals surface area contributed by atoms with Crippen LogP contribution in [-0.4, -0.2) is 31.7 Å². The quantitative estimate of drug-likeness (QED) is 0.407. The van der Waals surface area contributed by atoms with Crippen molar-refractivity contribution in [2.75, 3.05) is 13.7 Å². The molecular weight excluding hydrogens is 370 g/mol. The van der Waals surface area contributed by atoms with Crippen LogP contribution < -0.4 is 20.2 Å². The summed E-state index contributed by atoms with van der Waals surface area (Å²) < 4.78 is 10.7. The second kappa shape index (κ2) is 10.8. The van der Waals surface area contributed by atoms with Gasteiger partial charge in [0.1, 0.15) is 0 Å². The molecule has 0 spiro atoms. The van der Waals surface area contributed by atoms with Gasteiger partial charge in [-0.1, -0.05) is 38.1 Å². The van der Waals surface area contributed by atoms with E-state index in [1.54, 1.807) is 25.3 Å². The van der Waals surface area contributed by atoms with Crippen molar-refractivity contribution in [3.8, 4) is 11.5 Å². The highest BCUT2D eigenvalue weighted by Gasteiger charge is 2.12. The summed E-state index contributed by atoms with van der Waals surface area (Å²) in [5.41, 5.74) is 5.04. The first-order valence-corrected chi connectivity index (χ1v) is 9.45. The highest BCUT2D eigenvalue weighted by Crippen LogP contribution is 2.27. The topological polar surface area (TPSA) is 89.0 Å². The third kappa shape index (κ3) is 6.64. The molecule has 7 nitrogen and oxygen atoms in total. The van der Waals surface area contributed by atoms with Gasteiger partial charge in [-0.25, -0.2) is 5.43 Å². The minimum atomic E-state index is -0.835. The Morgan fingerprint density at radius 2 is 1.79 bits per heavy atom. The number of hydrogen-bond acceptors (Lipinski definition) is 5. The number of nitrogens with one attached hydrogen (secondary N) is 2. The Labute approximate surface area is 171 Å². The SMILES string of the molecule is CCOc1ccc(/C=N\NC(=O)C(=O)NCc2ccc(C(C)C)cc2)cc1OC. The van der Waals surface area contributed by atoms with Gasteiger partial charge in [0.05, 0.1) is 19.9 Å². The minimum Gasteiger partial charge on any atom is -0.493 e. The van der Waals surface area contributed by atoms with E-state index in [-0.39, 0.29) is 6.54 Å².